The van der Waals surface area contributed by atoms with E-state index >= 15 is 0 Å². The molecule has 0 aliphatic carbocycles. The Morgan fingerprint density at radius 3 is 2.29 bits per heavy atom. The van der Waals surface area contributed by atoms with Crippen LogP contribution in [0.25, 0.3) is 16.3 Å². The first kappa shape index (κ1) is 22.1. The third-order valence-electron chi connectivity index (χ3n) is 5.62. The lowest BCUT2D eigenvalue weighted by molar-refractivity contribution is -0.642. The number of thiazole rings is 1. The van der Waals surface area contributed by atoms with Crippen molar-refractivity contribution in [3.63, 3.8) is 0 Å². The van der Waals surface area contributed by atoms with Crippen LogP contribution >= 0.6 is 23.1 Å². The Kier molecular flexibility index (Phi) is 5.54. The minimum absolute atomic E-state index is 0.846. The lowest BCUT2D eigenvalue weighted by atomic mass is 9.98. The number of fused-ring (bicyclic) bond motifs is 2. The van der Waals surface area contributed by atoms with Crippen LogP contribution in [0, 0.1) is 0 Å². The van der Waals surface area contributed by atoms with Gasteiger partial charge in [0.15, 0.2) is 0 Å². The van der Waals surface area contributed by atoms with Crippen LogP contribution in [-0.2, 0) is 18.2 Å². The van der Waals surface area contributed by atoms with Gasteiger partial charge < -0.3 is 15.1 Å². The fourth-order valence-electron chi connectivity index (χ4n) is 3.61. The minimum atomic E-state index is -0.846. The topological polar surface area (TPSA) is 47.6 Å². The number of aliphatic hydroxyl groups is 2. The molecule has 1 aliphatic rings. The van der Waals surface area contributed by atoms with Crippen LogP contribution in [0.15, 0.2) is 58.5 Å². The van der Waals surface area contributed by atoms with Gasteiger partial charge in [-0.25, -0.2) is 0 Å². The molecule has 0 atom stereocenters. The van der Waals surface area contributed by atoms with Crippen LogP contribution < -0.4 is 9.47 Å². The summed E-state index contributed by atoms with van der Waals surface area (Å²) in [5, 5.41) is 22.9. The normalized spacial score (nSPS) is 16.1. The molecule has 2 heterocycles. The van der Waals surface area contributed by atoms with Crippen molar-refractivity contribution in [1.29, 1.82) is 0 Å². The molecule has 0 unspecified atom stereocenters. The second-order valence-electron chi connectivity index (χ2n) is 9.01. The molecule has 0 saturated heterocycles. The summed E-state index contributed by atoms with van der Waals surface area (Å²) in [5.74, 6) is 0. The van der Waals surface area contributed by atoms with E-state index in [9.17, 15) is 10.2 Å². The number of hydrogen-bond acceptors (Lipinski definition) is 5. The molecular weight excluding hydrogens is 424 g/mol. The second-order valence-corrected chi connectivity index (χ2v) is 11.1. The molecule has 0 spiro atoms. The second kappa shape index (κ2) is 7.78. The Hall–Kier alpha value is -2.12. The van der Waals surface area contributed by atoms with Crippen molar-refractivity contribution >= 4 is 45.1 Å². The Labute approximate surface area is 192 Å². The van der Waals surface area contributed by atoms with E-state index in [1.165, 1.54) is 0 Å². The van der Waals surface area contributed by atoms with Crippen molar-refractivity contribution in [2.75, 3.05) is 11.9 Å². The number of rotatable bonds is 4. The first-order valence-electron chi connectivity index (χ1n) is 10.3. The molecule has 4 nitrogen and oxygen atoms in total. The Morgan fingerprint density at radius 1 is 0.968 bits per heavy atom. The van der Waals surface area contributed by atoms with Crippen molar-refractivity contribution in [1.82, 2.24) is 0 Å². The van der Waals surface area contributed by atoms with Crippen LogP contribution in [0.4, 0.5) is 5.69 Å². The Bertz CT molecular complexity index is 1210. The Morgan fingerprint density at radius 2 is 1.61 bits per heavy atom. The molecule has 4 rings (SSSR count). The van der Waals surface area contributed by atoms with Gasteiger partial charge >= 0.3 is 0 Å². The third-order valence-corrected chi connectivity index (χ3v) is 7.96. The van der Waals surface area contributed by atoms with Crippen molar-refractivity contribution in [3.05, 3.63) is 69.7 Å². The van der Waals surface area contributed by atoms with Gasteiger partial charge in [-0.1, -0.05) is 35.2 Å². The van der Waals surface area contributed by atoms with Gasteiger partial charge in [0, 0.05) is 24.1 Å². The van der Waals surface area contributed by atoms with Crippen molar-refractivity contribution in [3.8, 4) is 0 Å². The van der Waals surface area contributed by atoms with Crippen molar-refractivity contribution < 1.29 is 14.8 Å². The number of nitrogens with zero attached hydrogens (tertiary/aromatic N) is 2. The number of hydrogen-bond donors (Lipinski definition) is 2. The Balaban J connectivity index is 1.59. The molecule has 0 radical (unpaired) electrons. The highest BCUT2D eigenvalue weighted by molar-refractivity contribution is 8.03. The highest BCUT2D eigenvalue weighted by atomic mass is 32.2. The van der Waals surface area contributed by atoms with Gasteiger partial charge in [0.05, 0.1) is 21.9 Å². The number of aryl methyl sites for hydroxylation is 1. The zero-order valence-electron chi connectivity index (χ0n) is 18.8. The predicted octanol–water partition coefficient (Wildman–Crippen LogP) is 5.28. The number of benzene rings is 2. The average molecular weight is 454 g/mol. The summed E-state index contributed by atoms with van der Waals surface area (Å²) >= 11 is 3.43. The molecule has 1 aromatic heterocycles. The minimum Gasteiger partial charge on any atom is -0.386 e. The lowest BCUT2D eigenvalue weighted by Gasteiger charge is -2.19. The summed E-state index contributed by atoms with van der Waals surface area (Å²) in [6.45, 7) is 7.25. The molecule has 0 fully saturated rings. The maximum absolute atomic E-state index is 10.3. The largest absolute Gasteiger partial charge is 0.386 e. The predicted molar refractivity (Wildman–Crippen MR) is 131 cm³/mol. The van der Waals surface area contributed by atoms with Crippen molar-refractivity contribution in [2.24, 2.45) is 7.05 Å². The number of anilines is 1. The molecule has 2 N–H and O–H groups in total. The molecule has 0 saturated carbocycles. The van der Waals surface area contributed by atoms with Crippen LogP contribution in [0.5, 0.6) is 0 Å². The van der Waals surface area contributed by atoms with E-state index in [1.807, 2.05) is 39.8 Å². The molecule has 31 heavy (non-hydrogen) atoms. The summed E-state index contributed by atoms with van der Waals surface area (Å²) in [5.41, 5.74) is 2.47. The summed E-state index contributed by atoms with van der Waals surface area (Å²) in [4.78, 5) is 3.34. The van der Waals surface area contributed by atoms with Gasteiger partial charge in [0.2, 0.25) is 5.52 Å². The van der Waals surface area contributed by atoms with E-state index in [2.05, 4.69) is 66.1 Å². The zero-order chi connectivity index (χ0) is 22.6. The van der Waals surface area contributed by atoms with E-state index < -0.39 is 11.2 Å². The molecule has 0 amide bonds. The van der Waals surface area contributed by atoms with E-state index in [0.717, 1.165) is 42.0 Å². The zero-order valence-corrected chi connectivity index (χ0v) is 20.4. The summed E-state index contributed by atoms with van der Waals surface area (Å²) in [6, 6.07) is 12.3. The highest BCUT2D eigenvalue weighted by Gasteiger charge is 2.25. The molecule has 162 valence electrons. The van der Waals surface area contributed by atoms with Gasteiger partial charge in [0.25, 0.3) is 5.01 Å². The first-order valence-corrected chi connectivity index (χ1v) is 11.9. The quantitative estimate of drug-likeness (QED) is 0.528. The number of allylic oxidation sites excluding steroid dienone is 2. The molecular formula is C25H29N2O2S2+. The summed E-state index contributed by atoms with van der Waals surface area (Å²) in [7, 11) is 4.14. The third kappa shape index (κ3) is 4.30. The average Bonchev–Trinajstić information content (AvgIpc) is 3.17. The van der Waals surface area contributed by atoms with Gasteiger partial charge in [-0.05, 0) is 69.2 Å². The maximum Gasteiger partial charge on any atom is 0.262 e. The molecule has 3 aromatic rings. The fourth-order valence-corrected chi connectivity index (χ4v) is 5.82. The smallest absolute Gasteiger partial charge is 0.262 e. The molecule has 6 heteroatoms. The molecule has 1 aliphatic heterocycles. The van der Waals surface area contributed by atoms with E-state index in [1.54, 1.807) is 23.1 Å². The summed E-state index contributed by atoms with van der Waals surface area (Å²) < 4.78 is 3.34. The van der Waals surface area contributed by atoms with Gasteiger partial charge in [0.1, 0.15) is 11.7 Å². The monoisotopic (exact) mass is 453 g/mol. The van der Waals surface area contributed by atoms with Gasteiger partial charge in [-0.3, -0.25) is 0 Å². The SMILES string of the molecule is CN1C(=CC=Cc2sc3cc(C(C)(C)O)ccc3[n+]2C)Sc2cc(C(C)(C)O)ccc21. The summed E-state index contributed by atoms with van der Waals surface area (Å²) in [6.07, 6.45) is 6.34. The molecule has 2 aromatic carbocycles. The fraction of sp³-hybridized carbons (Fsp3) is 0.320. The van der Waals surface area contributed by atoms with Crippen molar-refractivity contribution in [2.45, 2.75) is 43.8 Å². The van der Waals surface area contributed by atoms with Gasteiger partial charge in [-0.15, -0.1) is 0 Å². The van der Waals surface area contributed by atoms with Gasteiger partial charge in [-0.2, -0.15) is 4.57 Å². The van der Waals surface area contributed by atoms with E-state index in [-0.39, 0.29) is 0 Å². The first-order chi connectivity index (χ1) is 14.4. The standard InChI is InChI=1S/C25H29N2O2S2/c1-24(2,28)16-10-12-18-20(14-16)30-22(26(18)5)8-7-9-23-27(6)19-13-11-17(25(3,4)29)15-21(19)31-23/h7-15,28-29H,1-6H3/q+1. The molecule has 0 bridgehead atoms. The highest BCUT2D eigenvalue weighted by Crippen LogP contribution is 2.46. The van der Waals surface area contributed by atoms with E-state index in [0.29, 0.717) is 0 Å². The number of aromatic nitrogens is 1. The van der Waals surface area contributed by atoms with Crippen LogP contribution in [-0.4, -0.2) is 17.3 Å². The van der Waals surface area contributed by atoms with Crippen LogP contribution in [0.3, 0.4) is 0 Å². The van der Waals surface area contributed by atoms with Crippen LogP contribution in [0.1, 0.15) is 43.8 Å². The number of thioether (sulfide) groups is 1. The lowest BCUT2D eigenvalue weighted by Crippen LogP contribution is -2.29. The van der Waals surface area contributed by atoms with Crippen LogP contribution in [0.2, 0.25) is 0 Å². The maximum atomic E-state index is 10.3. The van der Waals surface area contributed by atoms with E-state index in [4.69, 9.17) is 0 Å².